The molecule has 0 fully saturated rings. The third-order valence-electron chi connectivity index (χ3n) is 1.00. The summed E-state index contributed by atoms with van der Waals surface area (Å²) in [6.07, 6.45) is 2.03. The standard InChI is InChI=1S/C5H14O3PS2/c1-7-9(6,8-2)11-5-4-10-3/h6H,4-5H2,1-3H3/q+1. The monoisotopic (exact) mass is 217 g/mol. The zero-order valence-electron chi connectivity index (χ0n) is 6.94. The summed E-state index contributed by atoms with van der Waals surface area (Å²) in [4.78, 5) is 9.48. The topological polar surface area (TPSA) is 38.7 Å². The Morgan fingerprint density at radius 1 is 1.45 bits per heavy atom. The SMILES string of the molecule is COP(O)(OC)=[S+]CCSC. The summed E-state index contributed by atoms with van der Waals surface area (Å²) in [6, 6.07) is 0. The van der Waals surface area contributed by atoms with Crippen molar-refractivity contribution in [2.75, 3.05) is 32.0 Å². The molecule has 0 radical (unpaired) electrons. The van der Waals surface area contributed by atoms with Gasteiger partial charge in [-0.25, -0.2) is 0 Å². The van der Waals surface area contributed by atoms with E-state index in [9.17, 15) is 4.89 Å². The van der Waals surface area contributed by atoms with E-state index in [0.717, 1.165) is 11.5 Å². The van der Waals surface area contributed by atoms with Gasteiger partial charge in [0.2, 0.25) is 10.9 Å². The normalized spacial score (nSPS) is 11.6. The Labute approximate surface area is 75.7 Å². The van der Waals surface area contributed by atoms with E-state index in [1.807, 2.05) is 6.26 Å². The molecule has 0 unspecified atom stereocenters. The molecule has 0 aromatic carbocycles. The highest BCUT2D eigenvalue weighted by molar-refractivity contribution is 8.17. The number of thioether (sulfide) groups is 1. The quantitative estimate of drug-likeness (QED) is 0.429. The maximum atomic E-state index is 9.48. The first kappa shape index (κ1) is 11.9. The van der Waals surface area contributed by atoms with Crippen molar-refractivity contribution in [3.63, 3.8) is 0 Å². The van der Waals surface area contributed by atoms with Crippen LogP contribution in [0.25, 0.3) is 0 Å². The molecule has 0 bridgehead atoms. The van der Waals surface area contributed by atoms with Crippen LogP contribution < -0.4 is 0 Å². The largest absolute Gasteiger partial charge is 0.519 e. The Balaban J connectivity index is 3.90. The Bertz CT molecular complexity index is 143. The van der Waals surface area contributed by atoms with Gasteiger partial charge in [0, 0.05) is 20.0 Å². The number of hydrogen-bond acceptors (Lipinski definition) is 3. The molecular formula is C5H14O3PS2+. The van der Waals surface area contributed by atoms with Gasteiger partial charge in [0.25, 0.3) is 0 Å². The minimum absolute atomic E-state index is 0.854. The molecule has 1 N–H and O–H groups in total. The Hall–Kier alpha value is 0.880. The predicted octanol–water partition coefficient (Wildman–Crippen LogP) is 1.39. The highest BCUT2D eigenvalue weighted by atomic mass is 32.5. The van der Waals surface area contributed by atoms with E-state index in [4.69, 9.17) is 9.05 Å². The van der Waals surface area contributed by atoms with Gasteiger partial charge in [-0.3, -0.25) is 13.9 Å². The molecule has 0 aromatic rings. The summed E-state index contributed by atoms with van der Waals surface area (Å²) in [5.74, 6) is 1.85. The molecule has 68 valence electrons. The minimum Gasteiger partial charge on any atom is -0.289 e. The molecule has 0 saturated carbocycles. The zero-order valence-corrected chi connectivity index (χ0v) is 9.47. The summed E-state index contributed by atoms with van der Waals surface area (Å²) >= 11 is 1.74. The summed E-state index contributed by atoms with van der Waals surface area (Å²) in [7, 11) is 4.27. The molecule has 0 saturated heterocycles. The first-order chi connectivity index (χ1) is 5.18. The van der Waals surface area contributed by atoms with Gasteiger partial charge in [0.1, 0.15) is 0 Å². The molecule has 6 heteroatoms. The first-order valence-electron chi connectivity index (χ1n) is 3.05. The lowest BCUT2D eigenvalue weighted by molar-refractivity contribution is 0.266. The van der Waals surface area contributed by atoms with E-state index in [1.165, 1.54) is 25.2 Å². The summed E-state index contributed by atoms with van der Waals surface area (Å²) in [6.45, 7) is -2.56. The van der Waals surface area contributed by atoms with Gasteiger partial charge in [-0.1, -0.05) is 0 Å². The smallest absolute Gasteiger partial charge is 0.289 e. The Kier molecular flexibility index (Phi) is 6.91. The maximum Gasteiger partial charge on any atom is 0.519 e. The van der Waals surface area contributed by atoms with Gasteiger partial charge in [-0.15, -0.1) is 0 Å². The number of hydrogen-bond donors (Lipinski definition) is 1. The molecule has 11 heavy (non-hydrogen) atoms. The number of rotatable bonds is 5. The highest BCUT2D eigenvalue weighted by Crippen LogP contribution is 2.43. The molecule has 0 aliphatic rings. The van der Waals surface area contributed by atoms with Crippen molar-refractivity contribution in [3.05, 3.63) is 0 Å². The van der Waals surface area contributed by atoms with Gasteiger partial charge in [0.05, 0.1) is 0 Å². The zero-order chi connectivity index (χ0) is 8.74. The summed E-state index contributed by atoms with van der Waals surface area (Å²) < 4.78 is 9.66. The van der Waals surface area contributed by atoms with Crippen molar-refractivity contribution in [2.45, 2.75) is 0 Å². The minimum atomic E-state index is -2.56. The van der Waals surface area contributed by atoms with E-state index < -0.39 is 6.72 Å². The average molecular weight is 217 g/mol. The van der Waals surface area contributed by atoms with E-state index in [2.05, 4.69) is 0 Å². The molecule has 0 aromatic heterocycles. The van der Waals surface area contributed by atoms with E-state index in [0.29, 0.717) is 0 Å². The first-order valence-corrected chi connectivity index (χ1v) is 7.61. The Morgan fingerprint density at radius 2 is 2.00 bits per heavy atom. The van der Waals surface area contributed by atoms with E-state index >= 15 is 0 Å². The van der Waals surface area contributed by atoms with Crippen molar-refractivity contribution in [1.82, 2.24) is 0 Å². The van der Waals surface area contributed by atoms with Gasteiger partial charge in [-0.2, -0.15) is 11.8 Å². The molecule has 0 aliphatic heterocycles. The molecule has 3 nitrogen and oxygen atoms in total. The fourth-order valence-electron chi connectivity index (χ4n) is 0.416. The van der Waals surface area contributed by atoms with Crippen LogP contribution in [0.3, 0.4) is 0 Å². The van der Waals surface area contributed by atoms with Crippen molar-refractivity contribution in [2.24, 2.45) is 0 Å². The lowest BCUT2D eigenvalue weighted by Crippen LogP contribution is -1.93. The average Bonchev–Trinajstić information content (AvgIpc) is 2.05. The van der Waals surface area contributed by atoms with Crippen LogP contribution in [-0.2, 0) is 20.0 Å². The van der Waals surface area contributed by atoms with Crippen molar-refractivity contribution < 1.29 is 13.9 Å². The van der Waals surface area contributed by atoms with E-state index in [1.54, 1.807) is 11.8 Å². The van der Waals surface area contributed by atoms with Crippen LogP contribution in [0.1, 0.15) is 0 Å². The second-order valence-corrected chi connectivity index (χ2v) is 7.14. The van der Waals surface area contributed by atoms with Crippen LogP contribution in [0.15, 0.2) is 0 Å². The summed E-state index contributed by atoms with van der Waals surface area (Å²) in [5.41, 5.74) is 0. The van der Waals surface area contributed by atoms with Crippen LogP contribution >= 0.6 is 18.5 Å². The molecule has 0 aliphatic carbocycles. The Morgan fingerprint density at radius 3 is 2.36 bits per heavy atom. The van der Waals surface area contributed by atoms with Gasteiger partial charge >= 0.3 is 6.72 Å². The molecule has 0 amide bonds. The van der Waals surface area contributed by atoms with Crippen molar-refractivity contribution >= 4 is 29.4 Å². The van der Waals surface area contributed by atoms with Crippen LogP contribution in [0.2, 0.25) is 0 Å². The third kappa shape index (κ3) is 5.17. The van der Waals surface area contributed by atoms with Gasteiger partial charge in [0.15, 0.2) is 5.75 Å². The molecule has 0 atom stereocenters. The predicted molar refractivity (Wildman–Crippen MR) is 53.8 cm³/mol. The van der Waals surface area contributed by atoms with Crippen LogP contribution in [0, 0.1) is 0 Å². The van der Waals surface area contributed by atoms with Crippen molar-refractivity contribution in [3.8, 4) is 0 Å². The maximum absolute atomic E-state index is 9.48. The second kappa shape index (κ2) is 6.40. The molecule has 0 heterocycles. The fraction of sp³-hybridized carbons (Fsp3) is 1.00. The van der Waals surface area contributed by atoms with Crippen molar-refractivity contribution in [1.29, 1.82) is 0 Å². The van der Waals surface area contributed by atoms with Crippen LogP contribution in [-0.4, -0.2) is 36.9 Å². The molecule has 0 rings (SSSR count). The van der Waals surface area contributed by atoms with Gasteiger partial charge < -0.3 is 0 Å². The fourth-order valence-corrected chi connectivity index (χ4v) is 3.97. The van der Waals surface area contributed by atoms with Gasteiger partial charge in [-0.05, 0) is 6.26 Å². The molecular weight excluding hydrogens is 203 g/mol. The lowest BCUT2D eigenvalue weighted by atomic mass is 11.0. The lowest BCUT2D eigenvalue weighted by Gasteiger charge is -2.00. The third-order valence-corrected chi connectivity index (χ3v) is 5.93. The van der Waals surface area contributed by atoms with Crippen LogP contribution in [0.4, 0.5) is 0 Å². The molecule has 0 spiro atoms. The highest BCUT2D eigenvalue weighted by Gasteiger charge is 2.26. The van der Waals surface area contributed by atoms with Crippen LogP contribution in [0.5, 0.6) is 0 Å². The second-order valence-electron chi connectivity index (χ2n) is 1.66. The summed E-state index contributed by atoms with van der Waals surface area (Å²) in [5, 5.41) is 0. The van der Waals surface area contributed by atoms with E-state index in [-0.39, 0.29) is 0 Å².